The van der Waals surface area contributed by atoms with Crippen LogP contribution in [0.3, 0.4) is 0 Å². The van der Waals surface area contributed by atoms with Crippen molar-refractivity contribution in [3.63, 3.8) is 0 Å². The number of nitrogens with two attached hydrogens (primary N) is 2. The fraction of sp³-hybridized carbons (Fsp3) is 0.364. The summed E-state index contributed by atoms with van der Waals surface area (Å²) in [6.07, 6.45) is 0. The number of aromatic hydroxyl groups is 1. The average Bonchev–Trinajstić information content (AvgIpc) is 2.28. The van der Waals surface area contributed by atoms with Gasteiger partial charge >= 0.3 is 0 Å². The highest BCUT2D eigenvalue weighted by Gasteiger charge is 2.26. The van der Waals surface area contributed by atoms with E-state index in [9.17, 15) is 18.3 Å². The largest absolute Gasteiger partial charge is 0.506 e. The van der Waals surface area contributed by atoms with Crippen LogP contribution in [-0.4, -0.2) is 25.5 Å². The summed E-state index contributed by atoms with van der Waals surface area (Å²) in [5.74, 6) is -1.26. The SMILES string of the molecule is CC(C)C(NS(=O)(=O)c1ccc(O)c(N)c1)C(N)=O. The Bertz CT molecular complexity index is 584. The van der Waals surface area contributed by atoms with Crippen LogP contribution in [0.2, 0.25) is 0 Å². The minimum absolute atomic E-state index is 0.0666. The van der Waals surface area contributed by atoms with Crippen LogP contribution in [0.15, 0.2) is 23.1 Å². The topological polar surface area (TPSA) is 136 Å². The summed E-state index contributed by atoms with van der Waals surface area (Å²) in [5.41, 5.74) is 10.5. The molecule has 0 saturated heterocycles. The molecule has 0 heterocycles. The van der Waals surface area contributed by atoms with Gasteiger partial charge < -0.3 is 16.6 Å². The zero-order valence-electron chi connectivity index (χ0n) is 10.6. The van der Waals surface area contributed by atoms with Crippen molar-refractivity contribution in [2.24, 2.45) is 11.7 Å². The number of sulfonamides is 1. The molecule has 0 spiro atoms. The van der Waals surface area contributed by atoms with Crippen LogP contribution in [-0.2, 0) is 14.8 Å². The summed E-state index contributed by atoms with van der Waals surface area (Å²) in [6, 6.07) is 2.45. The summed E-state index contributed by atoms with van der Waals surface area (Å²) in [7, 11) is -3.93. The quantitative estimate of drug-likeness (QED) is 0.438. The lowest BCUT2D eigenvalue weighted by atomic mass is 10.1. The Labute approximate surface area is 111 Å². The Morgan fingerprint density at radius 3 is 2.37 bits per heavy atom. The van der Waals surface area contributed by atoms with Gasteiger partial charge in [0.1, 0.15) is 11.8 Å². The second-order valence-electron chi connectivity index (χ2n) is 4.47. The molecule has 0 radical (unpaired) electrons. The van der Waals surface area contributed by atoms with E-state index < -0.39 is 22.0 Å². The molecule has 0 bridgehead atoms. The first-order valence-electron chi connectivity index (χ1n) is 5.55. The molecule has 0 aliphatic heterocycles. The minimum Gasteiger partial charge on any atom is -0.506 e. The Morgan fingerprint density at radius 1 is 1.37 bits per heavy atom. The molecule has 1 aromatic rings. The number of carbonyl (C=O) groups is 1. The Morgan fingerprint density at radius 2 is 1.95 bits per heavy atom. The van der Waals surface area contributed by atoms with Crippen molar-refractivity contribution in [3.8, 4) is 5.75 Å². The highest BCUT2D eigenvalue weighted by Crippen LogP contribution is 2.23. The zero-order valence-corrected chi connectivity index (χ0v) is 11.4. The van der Waals surface area contributed by atoms with Gasteiger partial charge in [0.15, 0.2) is 0 Å². The minimum atomic E-state index is -3.93. The highest BCUT2D eigenvalue weighted by molar-refractivity contribution is 7.89. The third-order valence-electron chi connectivity index (χ3n) is 2.56. The van der Waals surface area contributed by atoms with E-state index in [1.165, 1.54) is 12.1 Å². The molecule has 1 amide bonds. The molecule has 6 N–H and O–H groups in total. The predicted octanol–water partition coefficient (Wildman–Crippen LogP) is -0.237. The van der Waals surface area contributed by atoms with Gasteiger partial charge in [0.2, 0.25) is 15.9 Å². The number of hydrogen-bond donors (Lipinski definition) is 4. The molecule has 0 saturated carbocycles. The Balaban J connectivity index is 3.10. The molecule has 0 fully saturated rings. The lowest BCUT2D eigenvalue weighted by Crippen LogP contribution is -2.47. The van der Waals surface area contributed by atoms with Gasteiger partial charge in [-0.25, -0.2) is 8.42 Å². The molecule has 0 aromatic heterocycles. The van der Waals surface area contributed by atoms with Crippen molar-refractivity contribution < 1.29 is 18.3 Å². The van der Waals surface area contributed by atoms with Crippen molar-refractivity contribution in [1.29, 1.82) is 0 Å². The fourth-order valence-electron chi connectivity index (χ4n) is 1.46. The monoisotopic (exact) mass is 287 g/mol. The number of phenols is 1. The summed E-state index contributed by atoms with van der Waals surface area (Å²) < 4.78 is 26.3. The number of amides is 1. The van der Waals surface area contributed by atoms with Crippen molar-refractivity contribution in [2.75, 3.05) is 5.73 Å². The second kappa shape index (κ2) is 5.45. The number of nitrogens with one attached hydrogen (secondary N) is 1. The maximum Gasteiger partial charge on any atom is 0.241 e. The molecule has 0 aliphatic rings. The van der Waals surface area contributed by atoms with Crippen LogP contribution in [0.5, 0.6) is 5.75 Å². The van der Waals surface area contributed by atoms with E-state index in [1.807, 2.05) is 0 Å². The molecule has 0 aliphatic carbocycles. The predicted molar refractivity (Wildman–Crippen MR) is 70.7 cm³/mol. The third kappa shape index (κ3) is 3.58. The first-order valence-corrected chi connectivity index (χ1v) is 7.03. The first-order chi connectivity index (χ1) is 8.65. The molecule has 106 valence electrons. The summed E-state index contributed by atoms with van der Waals surface area (Å²) in [5, 5.41) is 9.25. The number of carbonyl (C=O) groups excluding carboxylic acids is 1. The van der Waals surface area contributed by atoms with E-state index in [-0.39, 0.29) is 22.3 Å². The van der Waals surface area contributed by atoms with Crippen LogP contribution in [0, 0.1) is 5.92 Å². The standard InChI is InChI=1S/C11H17N3O4S/c1-6(2)10(11(13)16)14-19(17,18)7-3-4-9(15)8(12)5-7/h3-6,10,14-15H,12H2,1-2H3,(H2,13,16). The summed E-state index contributed by atoms with van der Waals surface area (Å²) in [6.45, 7) is 3.34. The van der Waals surface area contributed by atoms with E-state index >= 15 is 0 Å². The van der Waals surface area contributed by atoms with E-state index in [1.54, 1.807) is 13.8 Å². The molecule has 1 rings (SSSR count). The van der Waals surface area contributed by atoms with Crippen LogP contribution in [0.25, 0.3) is 0 Å². The van der Waals surface area contributed by atoms with Crippen LogP contribution in [0.4, 0.5) is 5.69 Å². The van der Waals surface area contributed by atoms with Gasteiger partial charge in [-0.1, -0.05) is 13.8 Å². The van der Waals surface area contributed by atoms with Crippen LogP contribution < -0.4 is 16.2 Å². The average molecular weight is 287 g/mol. The summed E-state index contributed by atoms with van der Waals surface area (Å²) >= 11 is 0. The van der Waals surface area contributed by atoms with Gasteiger partial charge in [0, 0.05) is 0 Å². The van der Waals surface area contributed by atoms with Gasteiger partial charge in [-0.3, -0.25) is 4.79 Å². The molecular weight excluding hydrogens is 270 g/mol. The summed E-state index contributed by atoms with van der Waals surface area (Å²) in [4.78, 5) is 11.1. The van der Waals surface area contributed by atoms with Crippen LogP contribution >= 0.6 is 0 Å². The Kier molecular flexibility index (Phi) is 4.38. The number of anilines is 1. The highest BCUT2D eigenvalue weighted by atomic mass is 32.2. The molecule has 1 unspecified atom stereocenters. The lowest BCUT2D eigenvalue weighted by Gasteiger charge is -2.19. The number of primary amides is 1. The zero-order chi connectivity index (χ0) is 14.8. The third-order valence-corrected chi connectivity index (χ3v) is 4.00. The van der Waals surface area contributed by atoms with Crippen molar-refractivity contribution in [1.82, 2.24) is 4.72 Å². The molecule has 19 heavy (non-hydrogen) atoms. The fourth-order valence-corrected chi connectivity index (χ4v) is 2.85. The lowest BCUT2D eigenvalue weighted by molar-refractivity contribution is -0.120. The van der Waals surface area contributed by atoms with Crippen molar-refractivity contribution in [3.05, 3.63) is 18.2 Å². The molecule has 7 nitrogen and oxygen atoms in total. The van der Waals surface area contributed by atoms with Crippen LogP contribution in [0.1, 0.15) is 13.8 Å². The van der Waals surface area contributed by atoms with E-state index in [2.05, 4.69) is 4.72 Å². The molecule has 1 aromatic carbocycles. The smallest absolute Gasteiger partial charge is 0.241 e. The van der Waals surface area contributed by atoms with E-state index in [0.717, 1.165) is 6.07 Å². The van der Waals surface area contributed by atoms with Gasteiger partial charge in [0.05, 0.1) is 10.6 Å². The Hall–Kier alpha value is -1.80. The van der Waals surface area contributed by atoms with Gasteiger partial charge in [-0.05, 0) is 24.1 Å². The van der Waals surface area contributed by atoms with Gasteiger partial charge in [0.25, 0.3) is 0 Å². The first kappa shape index (κ1) is 15.3. The number of benzene rings is 1. The molecule has 1 atom stereocenters. The van der Waals surface area contributed by atoms with Gasteiger partial charge in [-0.15, -0.1) is 0 Å². The van der Waals surface area contributed by atoms with E-state index in [4.69, 9.17) is 11.5 Å². The number of hydrogen-bond acceptors (Lipinski definition) is 5. The number of nitrogen functional groups attached to an aromatic ring is 1. The molecule has 8 heteroatoms. The maximum atomic E-state index is 12.1. The normalized spacial score (nSPS) is 13.4. The number of phenolic OH excluding ortho intramolecular Hbond substituents is 1. The van der Waals surface area contributed by atoms with E-state index in [0.29, 0.717) is 0 Å². The second-order valence-corrected chi connectivity index (χ2v) is 6.18. The maximum absolute atomic E-state index is 12.1. The van der Waals surface area contributed by atoms with Crippen molar-refractivity contribution >= 4 is 21.6 Å². The molecular formula is C11H17N3O4S. The van der Waals surface area contributed by atoms with Crippen molar-refractivity contribution in [2.45, 2.75) is 24.8 Å². The number of rotatable bonds is 5. The van der Waals surface area contributed by atoms with Gasteiger partial charge in [-0.2, -0.15) is 4.72 Å².